The third-order valence-electron chi connectivity index (χ3n) is 4.36. The van der Waals surface area contributed by atoms with Crippen molar-refractivity contribution in [1.82, 2.24) is 5.32 Å². The molecule has 2 aromatic carbocycles. The Morgan fingerprint density at radius 2 is 1.60 bits per heavy atom. The van der Waals surface area contributed by atoms with E-state index < -0.39 is 0 Å². The smallest absolute Gasteiger partial charge is 0.0151 e. The van der Waals surface area contributed by atoms with Crippen molar-refractivity contribution >= 4 is 0 Å². The van der Waals surface area contributed by atoms with Crippen molar-refractivity contribution in [2.24, 2.45) is 0 Å². The molecule has 0 heterocycles. The zero-order valence-corrected chi connectivity index (χ0v) is 12.4. The number of benzene rings is 2. The Bertz CT molecular complexity index is 563. The van der Waals surface area contributed by atoms with Gasteiger partial charge in [-0.15, -0.1) is 0 Å². The fourth-order valence-electron chi connectivity index (χ4n) is 3.31. The first-order chi connectivity index (χ1) is 9.72. The van der Waals surface area contributed by atoms with Crippen LogP contribution in [0.15, 0.2) is 48.5 Å². The molecule has 0 aliphatic heterocycles. The Morgan fingerprint density at radius 3 is 2.25 bits per heavy atom. The molecule has 1 unspecified atom stereocenters. The van der Waals surface area contributed by atoms with Gasteiger partial charge in [-0.05, 0) is 55.4 Å². The van der Waals surface area contributed by atoms with Crippen LogP contribution in [0.2, 0.25) is 0 Å². The van der Waals surface area contributed by atoms with Crippen LogP contribution in [0, 0.1) is 6.92 Å². The monoisotopic (exact) mass is 265 g/mol. The molecular weight excluding hydrogens is 242 g/mol. The van der Waals surface area contributed by atoms with Gasteiger partial charge >= 0.3 is 0 Å². The largest absolute Gasteiger partial charge is 0.311 e. The number of nitrogens with one attached hydrogen (secondary N) is 1. The van der Waals surface area contributed by atoms with Gasteiger partial charge in [-0.25, -0.2) is 0 Å². The van der Waals surface area contributed by atoms with Crippen LogP contribution >= 0.6 is 0 Å². The van der Waals surface area contributed by atoms with Gasteiger partial charge in [0.1, 0.15) is 0 Å². The Balaban J connectivity index is 1.59. The van der Waals surface area contributed by atoms with E-state index in [1.807, 2.05) is 0 Å². The van der Waals surface area contributed by atoms with Gasteiger partial charge in [0.05, 0.1) is 0 Å². The minimum atomic E-state index is 0.524. The SMILES string of the molecule is Cc1ccccc1CC(C)NC1Cc2ccccc2C1. The highest BCUT2D eigenvalue weighted by atomic mass is 14.9. The number of fused-ring (bicyclic) bond motifs is 1. The lowest BCUT2D eigenvalue weighted by Crippen LogP contribution is -2.38. The minimum absolute atomic E-state index is 0.524. The van der Waals surface area contributed by atoms with Gasteiger partial charge in [0.15, 0.2) is 0 Å². The lowest BCUT2D eigenvalue weighted by molar-refractivity contribution is 0.453. The summed E-state index contributed by atoms with van der Waals surface area (Å²) in [6.07, 6.45) is 3.46. The van der Waals surface area contributed by atoms with E-state index in [2.05, 4.69) is 67.7 Å². The van der Waals surface area contributed by atoms with Crippen LogP contribution in [-0.2, 0) is 19.3 Å². The van der Waals surface area contributed by atoms with Crippen molar-refractivity contribution in [3.63, 3.8) is 0 Å². The fourth-order valence-corrected chi connectivity index (χ4v) is 3.31. The van der Waals surface area contributed by atoms with Crippen molar-refractivity contribution < 1.29 is 0 Å². The van der Waals surface area contributed by atoms with E-state index in [-0.39, 0.29) is 0 Å². The van der Waals surface area contributed by atoms with Crippen LogP contribution in [0.1, 0.15) is 29.2 Å². The maximum Gasteiger partial charge on any atom is 0.0151 e. The van der Waals surface area contributed by atoms with Gasteiger partial charge in [0.25, 0.3) is 0 Å². The van der Waals surface area contributed by atoms with Gasteiger partial charge in [-0.2, -0.15) is 0 Å². The quantitative estimate of drug-likeness (QED) is 0.889. The van der Waals surface area contributed by atoms with Crippen LogP contribution in [0.5, 0.6) is 0 Å². The molecule has 20 heavy (non-hydrogen) atoms. The Kier molecular flexibility index (Phi) is 3.88. The van der Waals surface area contributed by atoms with Gasteiger partial charge in [-0.1, -0.05) is 48.5 Å². The predicted molar refractivity (Wildman–Crippen MR) is 85.1 cm³/mol. The maximum absolute atomic E-state index is 3.80. The molecule has 1 aliphatic carbocycles. The van der Waals surface area contributed by atoms with Crippen LogP contribution in [-0.4, -0.2) is 12.1 Å². The van der Waals surface area contributed by atoms with E-state index in [4.69, 9.17) is 0 Å². The van der Waals surface area contributed by atoms with E-state index in [1.54, 1.807) is 0 Å². The van der Waals surface area contributed by atoms with Crippen molar-refractivity contribution in [2.75, 3.05) is 0 Å². The van der Waals surface area contributed by atoms with E-state index in [1.165, 1.54) is 35.1 Å². The predicted octanol–water partition coefficient (Wildman–Crippen LogP) is 3.68. The zero-order chi connectivity index (χ0) is 13.9. The molecule has 0 aromatic heterocycles. The molecule has 0 bridgehead atoms. The highest BCUT2D eigenvalue weighted by molar-refractivity contribution is 5.33. The summed E-state index contributed by atoms with van der Waals surface area (Å²) < 4.78 is 0. The Morgan fingerprint density at radius 1 is 1.00 bits per heavy atom. The molecule has 2 aromatic rings. The highest BCUT2D eigenvalue weighted by Gasteiger charge is 2.22. The topological polar surface area (TPSA) is 12.0 Å². The van der Waals surface area contributed by atoms with Crippen molar-refractivity contribution in [3.8, 4) is 0 Å². The first-order valence-corrected chi connectivity index (χ1v) is 7.59. The van der Waals surface area contributed by atoms with E-state index in [0.717, 1.165) is 6.42 Å². The molecule has 0 saturated heterocycles. The van der Waals surface area contributed by atoms with E-state index in [0.29, 0.717) is 12.1 Å². The summed E-state index contributed by atoms with van der Waals surface area (Å²) in [6.45, 7) is 4.50. The van der Waals surface area contributed by atoms with Crippen LogP contribution in [0.4, 0.5) is 0 Å². The Labute approximate surface area is 122 Å². The summed E-state index contributed by atoms with van der Waals surface area (Å²) in [4.78, 5) is 0. The zero-order valence-electron chi connectivity index (χ0n) is 12.4. The van der Waals surface area contributed by atoms with Crippen LogP contribution < -0.4 is 5.32 Å². The number of hydrogen-bond donors (Lipinski definition) is 1. The van der Waals surface area contributed by atoms with E-state index in [9.17, 15) is 0 Å². The molecule has 1 atom stereocenters. The molecular formula is C19H23N. The van der Waals surface area contributed by atoms with Gasteiger partial charge < -0.3 is 5.32 Å². The second-order valence-electron chi connectivity index (χ2n) is 6.07. The standard InChI is InChI=1S/C19H23N/c1-14-7-3-4-8-16(14)11-15(2)20-19-12-17-9-5-6-10-18(17)13-19/h3-10,15,19-20H,11-13H2,1-2H3. The molecule has 1 N–H and O–H groups in total. The summed E-state index contributed by atoms with van der Waals surface area (Å²) in [5, 5.41) is 3.80. The molecule has 3 rings (SSSR count). The Hall–Kier alpha value is -1.60. The summed E-state index contributed by atoms with van der Waals surface area (Å²) in [7, 11) is 0. The first-order valence-electron chi connectivity index (χ1n) is 7.59. The number of rotatable bonds is 4. The lowest BCUT2D eigenvalue weighted by Gasteiger charge is -2.20. The summed E-state index contributed by atoms with van der Waals surface area (Å²) in [6, 6.07) is 18.7. The molecule has 0 amide bonds. The van der Waals surface area contributed by atoms with Gasteiger partial charge in [-0.3, -0.25) is 0 Å². The highest BCUT2D eigenvalue weighted by Crippen LogP contribution is 2.22. The molecule has 1 aliphatic rings. The van der Waals surface area contributed by atoms with Crippen molar-refractivity contribution in [1.29, 1.82) is 0 Å². The lowest BCUT2D eigenvalue weighted by atomic mass is 10.0. The molecule has 0 radical (unpaired) electrons. The minimum Gasteiger partial charge on any atom is -0.311 e. The molecule has 0 spiro atoms. The average molecular weight is 265 g/mol. The first kappa shape index (κ1) is 13.4. The third-order valence-corrected chi connectivity index (χ3v) is 4.36. The maximum atomic E-state index is 3.80. The van der Waals surface area contributed by atoms with Crippen LogP contribution in [0.3, 0.4) is 0 Å². The average Bonchev–Trinajstić information content (AvgIpc) is 2.83. The van der Waals surface area contributed by atoms with Crippen LogP contribution in [0.25, 0.3) is 0 Å². The molecule has 1 nitrogen and oxygen atoms in total. The molecule has 0 fully saturated rings. The van der Waals surface area contributed by atoms with E-state index >= 15 is 0 Å². The summed E-state index contributed by atoms with van der Waals surface area (Å²) >= 11 is 0. The second-order valence-corrected chi connectivity index (χ2v) is 6.07. The fraction of sp³-hybridized carbons (Fsp3) is 0.368. The molecule has 104 valence electrons. The summed E-state index contributed by atoms with van der Waals surface area (Å²) in [5.41, 5.74) is 5.90. The summed E-state index contributed by atoms with van der Waals surface area (Å²) in [5.74, 6) is 0. The van der Waals surface area contributed by atoms with Crippen molar-refractivity contribution in [3.05, 3.63) is 70.8 Å². The second kappa shape index (κ2) is 5.80. The molecule has 0 saturated carbocycles. The van der Waals surface area contributed by atoms with Gasteiger partial charge in [0.2, 0.25) is 0 Å². The molecule has 1 heteroatoms. The normalized spacial score (nSPS) is 16.1. The third kappa shape index (κ3) is 2.94. The number of hydrogen-bond acceptors (Lipinski definition) is 1. The van der Waals surface area contributed by atoms with Crippen molar-refractivity contribution in [2.45, 2.75) is 45.2 Å². The number of aryl methyl sites for hydroxylation is 1. The van der Waals surface area contributed by atoms with Gasteiger partial charge in [0, 0.05) is 12.1 Å².